The van der Waals surface area contributed by atoms with Gasteiger partial charge in [0.25, 0.3) is 10.0 Å². The van der Waals surface area contributed by atoms with Crippen molar-refractivity contribution >= 4 is 70.8 Å². The van der Waals surface area contributed by atoms with Crippen LogP contribution in [0.2, 0.25) is 0 Å². The molecule has 0 atom stereocenters. The minimum atomic E-state index is -4.12. The highest BCUT2D eigenvalue weighted by Crippen LogP contribution is 2.35. The van der Waals surface area contributed by atoms with Crippen LogP contribution in [0.4, 0.5) is 17.1 Å². The summed E-state index contributed by atoms with van der Waals surface area (Å²) in [6, 6.07) is 5.63. The predicted octanol–water partition coefficient (Wildman–Crippen LogP) is 3.18. The van der Waals surface area contributed by atoms with Gasteiger partial charge in [0.1, 0.15) is 4.90 Å². The van der Waals surface area contributed by atoms with Crippen LogP contribution in [-0.4, -0.2) is 25.4 Å². The zero-order valence-corrected chi connectivity index (χ0v) is 17.5. The van der Waals surface area contributed by atoms with Gasteiger partial charge in [0.15, 0.2) is 0 Å². The molecule has 0 aliphatic carbocycles. The van der Waals surface area contributed by atoms with Crippen LogP contribution in [0.3, 0.4) is 0 Å². The maximum absolute atomic E-state index is 12.9. The monoisotopic (exact) mass is 517 g/mol. The molecule has 1 heterocycles. The maximum Gasteiger partial charge on any atom is 0.337 e. The van der Waals surface area contributed by atoms with Crippen molar-refractivity contribution in [3.8, 4) is 0 Å². The lowest BCUT2D eigenvalue weighted by Crippen LogP contribution is -2.21. The molecule has 1 aliphatic heterocycles. The van der Waals surface area contributed by atoms with Crippen molar-refractivity contribution in [2.75, 3.05) is 15.8 Å². The van der Waals surface area contributed by atoms with Crippen LogP contribution in [0.1, 0.15) is 22.3 Å². The van der Waals surface area contributed by atoms with E-state index < -0.39 is 16.0 Å². The number of hydrogen-bond donors (Lipinski definition) is 4. The van der Waals surface area contributed by atoms with Gasteiger partial charge in [-0.1, -0.05) is 15.9 Å². The van der Waals surface area contributed by atoms with E-state index >= 15 is 0 Å². The van der Waals surface area contributed by atoms with Crippen molar-refractivity contribution in [2.24, 2.45) is 0 Å². The molecule has 3 rings (SSSR count). The molecule has 0 radical (unpaired) electrons. The van der Waals surface area contributed by atoms with Gasteiger partial charge in [0.2, 0.25) is 5.91 Å². The normalized spacial score (nSPS) is 13.6. The number of carbonyl (C=O) groups excluding carboxylic acids is 1. The number of anilines is 3. The highest BCUT2D eigenvalue weighted by atomic mass is 79.9. The predicted molar refractivity (Wildman–Crippen MR) is 107 cm³/mol. The average Bonchev–Trinajstić information content (AvgIpc) is 2.57. The number of nitrogens with two attached hydrogens (primary N) is 1. The summed E-state index contributed by atoms with van der Waals surface area (Å²) in [6.07, 6.45) is 0.838. The fourth-order valence-electron chi connectivity index (χ4n) is 2.66. The van der Waals surface area contributed by atoms with Gasteiger partial charge >= 0.3 is 5.97 Å². The first-order chi connectivity index (χ1) is 12.6. The van der Waals surface area contributed by atoms with Gasteiger partial charge < -0.3 is 16.2 Å². The molecule has 2 aromatic rings. The Morgan fingerprint density at radius 3 is 2.56 bits per heavy atom. The summed E-state index contributed by atoms with van der Waals surface area (Å²) in [4.78, 5) is 22.8. The molecule has 0 unspecified atom stereocenters. The number of nitrogens with one attached hydrogen (secondary N) is 2. The number of carbonyl (C=O) groups is 2. The second-order valence-corrected chi connectivity index (χ2v) is 9.23. The third-order valence-electron chi connectivity index (χ3n) is 3.96. The Labute approximate surface area is 171 Å². The number of carboxylic acid groups (broad SMARTS) is 1. The summed E-state index contributed by atoms with van der Waals surface area (Å²) in [6.45, 7) is 0. The zero-order chi connectivity index (χ0) is 19.9. The lowest BCUT2D eigenvalue weighted by molar-refractivity contribution is -0.116. The molecule has 0 aromatic heterocycles. The number of amides is 1. The second kappa shape index (κ2) is 7.13. The van der Waals surface area contributed by atoms with Crippen LogP contribution >= 0.6 is 31.9 Å². The number of hydrogen-bond acceptors (Lipinski definition) is 5. The Morgan fingerprint density at radius 1 is 1.19 bits per heavy atom. The Kier molecular flexibility index (Phi) is 5.19. The van der Waals surface area contributed by atoms with Crippen LogP contribution < -0.4 is 15.8 Å². The topological polar surface area (TPSA) is 139 Å². The molecule has 0 saturated heterocycles. The van der Waals surface area contributed by atoms with E-state index in [-0.39, 0.29) is 27.7 Å². The molecule has 0 bridgehead atoms. The molecule has 0 fully saturated rings. The third kappa shape index (κ3) is 3.94. The van der Waals surface area contributed by atoms with Gasteiger partial charge in [0.05, 0.1) is 16.9 Å². The average molecular weight is 519 g/mol. The number of benzene rings is 2. The van der Waals surface area contributed by atoms with Gasteiger partial charge in [-0.25, -0.2) is 13.2 Å². The van der Waals surface area contributed by atoms with Gasteiger partial charge in [0, 0.05) is 21.1 Å². The quantitative estimate of drug-likeness (QED) is 0.458. The van der Waals surface area contributed by atoms with Gasteiger partial charge in [-0.05, 0) is 52.2 Å². The highest BCUT2D eigenvalue weighted by Gasteiger charge is 2.25. The summed E-state index contributed by atoms with van der Waals surface area (Å²) in [5.41, 5.74) is 6.52. The molecule has 8 nitrogen and oxygen atoms in total. The number of halogens is 2. The fraction of sp³-hybridized carbons (Fsp3) is 0.125. The number of sulfonamides is 1. The van der Waals surface area contributed by atoms with Crippen LogP contribution in [0, 0.1) is 0 Å². The highest BCUT2D eigenvalue weighted by molar-refractivity contribution is 9.10. The van der Waals surface area contributed by atoms with Crippen molar-refractivity contribution in [1.29, 1.82) is 0 Å². The molecule has 27 heavy (non-hydrogen) atoms. The Bertz CT molecular complexity index is 1090. The molecule has 1 aliphatic rings. The number of fused-ring (bicyclic) bond motifs is 1. The van der Waals surface area contributed by atoms with E-state index in [1.54, 1.807) is 6.07 Å². The molecule has 5 N–H and O–H groups in total. The summed E-state index contributed by atoms with van der Waals surface area (Å²) in [5.74, 6) is -1.48. The summed E-state index contributed by atoms with van der Waals surface area (Å²) in [5, 5.41) is 11.9. The van der Waals surface area contributed by atoms with Crippen molar-refractivity contribution in [2.45, 2.75) is 17.7 Å². The van der Waals surface area contributed by atoms with Crippen LogP contribution in [0.5, 0.6) is 0 Å². The molecular weight excluding hydrogens is 506 g/mol. The lowest BCUT2D eigenvalue weighted by atomic mass is 10.0. The minimum absolute atomic E-state index is 0.0737. The van der Waals surface area contributed by atoms with Crippen molar-refractivity contribution in [3.05, 3.63) is 44.3 Å². The molecule has 0 spiro atoms. The number of carboxylic acids is 1. The molecule has 0 saturated carbocycles. The number of rotatable bonds is 4. The Morgan fingerprint density at radius 2 is 1.89 bits per heavy atom. The van der Waals surface area contributed by atoms with Crippen molar-refractivity contribution in [3.63, 3.8) is 0 Å². The van der Waals surface area contributed by atoms with Crippen LogP contribution in [-0.2, 0) is 21.2 Å². The molecule has 1 amide bonds. The fourth-order valence-corrected chi connectivity index (χ4v) is 5.31. The number of nitrogen functional groups attached to an aromatic ring is 1. The maximum atomic E-state index is 12.9. The van der Waals surface area contributed by atoms with E-state index in [1.807, 2.05) is 0 Å². The van der Waals surface area contributed by atoms with Crippen molar-refractivity contribution < 1.29 is 23.1 Å². The Hall–Kier alpha value is -2.11. The first-order valence-corrected chi connectivity index (χ1v) is 10.6. The van der Waals surface area contributed by atoms with E-state index in [9.17, 15) is 23.1 Å². The number of aromatic carboxylic acids is 1. The van der Waals surface area contributed by atoms with Gasteiger partial charge in [-0.2, -0.15) is 0 Å². The summed E-state index contributed by atoms with van der Waals surface area (Å²) >= 11 is 6.38. The van der Waals surface area contributed by atoms with Gasteiger partial charge in [-0.3, -0.25) is 9.52 Å². The third-order valence-corrected chi connectivity index (χ3v) is 6.74. The lowest BCUT2D eigenvalue weighted by Gasteiger charge is -2.19. The summed E-state index contributed by atoms with van der Waals surface area (Å²) < 4.78 is 28.7. The van der Waals surface area contributed by atoms with E-state index in [0.29, 0.717) is 27.5 Å². The molecular formula is C16H13Br2N3O5S. The largest absolute Gasteiger partial charge is 0.478 e. The standard InChI is InChI=1S/C16H13Br2N3O5S/c17-8-4-9(16(23)24)15(19)12(5-8)21-27(25,26)13-6-11-7(3-10(13)18)1-2-14(22)20-11/h3-6,21H,1-2,19H2,(H,20,22)(H,23,24). The first-order valence-electron chi connectivity index (χ1n) is 7.56. The molecule has 142 valence electrons. The van der Waals surface area contributed by atoms with Crippen molar-refractivity contribution in [1.82, 2.24) is 0 Å². The second-order valence-electron chi connectivity index (χ2n) is 5.81. The smallest absolute Gasteiger partial charge is 0.337 e. The summed E-state index contributed by atoms with van der Waals surface area (Å²) in [7, 11) is -4.12. The minimum Gasteiger partial charge on any atom is -0.478 e. The first kappa shape index (κ1) is 19.6. The Balaban J connectivity index is 2.05. The molecule has 2 aromatic carbocycles. The van der Waals surface area contributed by atoms with E-state index in [0.717, 1.165) is 5.56 Å². The zero-order valence-electron chi connectivity index (χ0n) is 13.5. The molecule has 11 heteroatoms. The SMILES string of the molecule is Nc1c(NS(=O)(=O)c2cc3c(cc2Br)CCC(=O)N3)cc(Br)cc1C(=O)O. The van der Waals surface area contributed by atoms with E-state index in [1.165, 1.54) is 18.2 Å². The number of aryl methyl sites for hydroxylation is 1. The van der Waals surface area contributed by atoms with E-state index in [4.69, 9.17) is 5.73 Å². The van der Waals surface area contributed by atoms with Crippen LogP contribution in [0.15, 0.2) is 38.1 Å². The van der Waals surface area contributed by atoms with Gasteiger partial charge in [-0.15, -0.1) is 0 Å². The van der Waals surface area contributed by atoms with Crippen LogP contribution in [0.25, 0.3) is 0 Å². The van der Waals surface area contributed by atoms with E-state index in [2.05, 4.69) is 41.9 Å².